The molecule has 2 aromatic carbocycles. The Morgan fingerprint density at radius 3 is 2.74 bits per heavy atom. The van der Waals surface area contributed by atoms with Gasteiger partial charge in [-0.2, -0.15) is 0 Å². The molecule has 0 fully saturated rings. The summed E-state index contributed by atoms with van der Waals surface area (Å²) in [7, 11) is 0. The normalized spacial score (nSPS) is 14.4. The number of rotatable bonds is 5. The molecule has 0 aliphatic carbocycles. The van der Waals surface area contributed by atoms with Gasteiger partial charge in [0.2, 0.25) is 5.91 Å². The molecular weight excluding hydrogens is 284 g/mol. The topological polar surface area (TPSA) is 32.3 Å². The van der Waals surface area contributed by atoms with Crippen LogP contribution in [0.3, 0.4) is 0 Å². The van der Waals surface area contributed by atoms with Gasteiger partial charge in [0.1, 0.15) is 0 Å². The number of amides is 1. The molecule has 120 valence electrons. The van der Waals surface area contributed by atoms with E-state index in [0.717, 1.165) is 25.1 Å². The van der Waals surface area contributed by atoms with Crippen molar-refractivity contribution in [3.05, 3.63) is 59.7 Å². The highest BCUT2D eigenvalue weighted by Crippen LogP contribution is 2.28. The number of carbonyl (C=O) groups is 1. The average Bonchev–Trinajstić information content (AvgIpc) is 2.98. The molecule has 1 atom stereocenters. The van der Waals surface area contributed by atoms with Crippen LogP contribution >= 0.6 is 0 Å². The van der Waals surface area contributed by atoms with E-state index in [1.54, 1.807) is 0 Å². The van der Waals surface area contributed by atoms with Crippen molar-refractivity contribution < 1.29 is 4.79 Å². The van der Waals surface area contributed by atoms with Gasteiger partial charge in [0.05, 0.1) is 6.54 Å². The third-order valence-corrected chi connectivity index (χ3v) is 4.70. The molecule has 3 nitrogen and oxygen atoms in total. The first-order chi connectivity index (χ1) is 11.2. The Balaban J connectivity index is 1.69. The van der Waals surface area contributed by atoms with Crippen molar-refractivity contribution in [3.63, 3.8) is 0 Å². The van der Waals surface area contributed by atoms with Crippen LogP contribution in [0, 0.1) is 0 Å². The maximum atomic E-state index is 12.5. The van der Waals surface area contributed by atoms with Gasteiger partial charge in [-0.15, -0.1) is 0 Å². The second-order valence-corrected chi connectivity index (χ2v) is 6.24. The quantitative estimate of drug-likeness (QED) is 0.897. The molecule has 0 saturated carbocycles. The van der Waals surface area contributed by atoms with Crippen molar-refractivity contribution >= 4 is 17.3 Å². The summed E-state index contributed by atoms with van der Waals surface area (Å²) in [6.45, 7) is 5.69. The van der Waals surface area contributed by atoms with Crippen molar-refractivity contribution in [2.45, 2.75) is 32.6 Å². The highest BCUT2D eigenvalue weighted by Gasteiger charge is 2.21. The summed E-state index contributed by atoms with van der Waals surface area (Å²) in [5.74, 6) is 0.497. The second kappa shape index (κ2) is 6.86. The minimum absolute atomic E-state index is 0.0532. The van der Waals surface area contributed by atoms with Gasteiger partial charge in [-0.05, 0) is 42.0 Å². The van der Waals surface area contributed by atoms with Gasteiger partial charge >= 0.3 is 0 Å². The molecule has 0 spiro atoms. The van der Waals surface area contributed by atoms with Crippen LogP contribution in [0.2, 0.25) is 0 Å². The molecule has 0 aromatic heterocycles. The van der Waals surface area contributed by atoms with Gasteiger partial charge in [-0.25, -0.2) is 0 Å². The molecule has 3 rings (SSSR count). The van der Waals surface area contributed by atoms with E-state index in [0.29, 0.717) is 12.5 Å². The van der Waals surface area contributed by atoms with Crippen molar-refractivity contribution in [2.75, 3.05) is 23.3 Å². The van der Waals surface area contributed by atoms with E-state index < -0.39 is 0 Å². The number of hydrogen-bond acceptors (Lipinski definition) is 2. The van der Waals surface area contributed by atoms with Crippen molar-refractivity contribution in [2.24, 2.45) is 0 Å². The largest absolute Gasteiger partial charge is 0.362 e. The number of carbonyl (C=O) groups excluding carboxylic acids is 1. The highest BCUT2D eigenvalue weighted by atomic mass is 16.2. The second-order valence-electron chi connectivity index (χ2n) is 6.24. The molecule has 1 N–H and O–H groups in total. The van der Waals surface area contributed by atoms with Crippen LogP contribution in [0.5, 0.6) is 0 Å². The van der Waals surface area contributed by atoms with Crippen molar-refractivity contribution in [1.82, 2.24) is 0 Å². The maximum absolute atomic E-state index is 12.5. The molecule has 0 unspecified atom stereocenters. The molecule has 1 heterocycles. The molecule has 3 heteroatoms. The Labute approximate surface area is 138 Å². The van der Waals surface area contributed by atoms with E-state index in [1.807, 2.05) is 24.3 Å². The lowest BCUT2D eigenvalue weighted by atomic mass is 9.97. The number of nitrogens with one attached hydrogen (secondary N) is 1. The summed E-state index contributed by atoms with van der Waals surface area (Å²) >= 11 is 0. The number of fused-ring (bicyclic) bond motifs is 1. The molecule has 23 heavy (non-hydrogen) atoms. The third kappa shape index (κ3) is 3.39. The van der Waals surface area contributed by atoms with Gasteiger partial charge in [0.25, 0.3) is 0 Å². The maximum Gasteiger partial charge on any atom is 0.243 e. The fraction of sp³-hybridized carbons (Fsp3) is 0.350. The van der Waals surface area contributed by atoms with E-state index in [1.165, 1.54) is 16.8 Å². The van der Waals surface area contributed by atoms with Crippen LogP contribution in [0.15, 0.2) is 48.5 Å². The average molecular weight is 308 g/mol. The van der Waals surface area contributed by atoms with Crippen molar-refractivity contribution in [3.8, 4) is 0 Å². The van der Waals surface area contributed by atoms with Crippen LogP contribution in [0.4, 0.5) is 11.4 Å². The molecule has 0 bridgehead atoms. The lowest BCUT2D eigenvalue weighted by molar-refractivity contribution is -0.115. The SMILES string of the molecule is CC[C@@H](C)c1ccccc1NC(=O)CN1CCc2ccccc21. The number of hydrogen-bond donors (Lipinski definition) is 1. The van der Waals surface area contributed by atoms with E-state index >= 15 is 0 Å². The third-order valence-electron chi connectivity index (χ3n) is 4.70. The fourth-order valence-corrected chi connectivity index (χ4v) is 3.19. The zero-order valence-corrected chi connectivity index (χ0v) is 13.9. The standard InChI is InChI=1S/C20H24N2O/c1-3-15(2)17-9-5-6-10-18(17)21-20(23)14-22-13-12-16-8-4-7-11-19(16)22/h4-11,15H,3,12-14H2,1-2H3,(H,21,23)/t15-/m1/s1. The van der Waals surface area contributed by atoms with E-state index in [4.69, 9.17) is 0 Å². The molecule has 1 aliphatic heterocycles. The molecule has 0 saturated heterocycles. The lowest BCUT2D eigenvalue weighted by Gasteiger charge is -2.20. The zero-order valence-electron chi connectivity index (χ0n) is 13.9. The molecule has 1 aliphatic rings. The Kier molecular flexibility index (Phi) is 4.65. The van der Waals surface area contributed by atoms with Crippen LogP contribution in [-0.4, -0.2) is 19.0 Å². The zero-order chi connectivity index (χ0) is 16.2. The number of benzene rings is 2. The predicted molar refractivity (Wildman–Crippen MR) is 96.1 cm³/mol. The van der Waals surface area contributed by atoms with Gasteiger partial charge < -0.3 is 10.2 Å². The Morgan fingerprint density at radius 2 is 1.91 bits per heavy atom. The molecular formula is C20H24N2O. The smallest absolute Gasteiger partial charge is 0.243 e. The molecule has 2 aromatic rings. The van der Waals surface area contributed by atoms with Crippen molar-refractivity contribution in [1.29, 1.82) is 0 Å². The summed E-state index contributed by atoms with van der Waals surface area (Å²) in [4.78, 5) is 14.7. The molecule has 0 radical (unpaired) electrons. The number of para-hydroxylation sites is 2. The van der Waals surface area contributed by atoms with Gasteiger partial charge in [-0.3, -0.25) is 4.79 Å². The van der Waals surface area contributed by atoms with E-state index in [9.17, 15) is 4.79 Å². The summed E-state index contributed by atoms with van der Waals surface area (Å²) < 4.78 is 0. The first kappa shape index (κ1) is 15.6. The summed E-state index contributed by atoms with van der Waals surface area (Å²) in [5.41, 5.74) is 4.68. The minimum atomic E-state index is 0.0532. The van der Waals surface area contributed by atoms with E-state index in [-0.39, 0.29) is 5.91 Å². The van der Waals surface area contributed by atoms with Crippen LogP contribution in [0.25, 0.3) is 0 Å². The Hall–Kier alpha value is -2.29. The van der Waals surface area contributed by atoms with Crippen LogP contribution < -0.4 is 10.2 Å². The minimum Gasteiger partial charge on any atom is -0.362 e. The van der Waals surface area contributed by atoms with E-state index in [2.05, 4.69) is 48.3 Å². The number of anilines is 2. The van der Waals surface area contributed by atoms with Gasteiger partial charge in [0.15, 0.2) is 0 Å². The Morgan fingerprint density at radius 1 is 1.17 bits per heavy atom. The highest BCUT2D eigenvalue weighted by molar-refractivity contribution is 5.95. The van der Waals surface area contributed by atoms with Gasteiger partial charge in [0, 0.05) is 17.9 Å². The van der Waals surface area contributed by atoms with Crippen LogP contribution in [0.1, 0.15) is 37.3 Å². The first-order valence-electron chi connectivity index (χ1n) is 8.40. The molecule has 1 amide bonds. The summed E-state index contributed by atoms with van der Waals surface area (Å²) in [5, 5.41) is 3.10. The fourth-order valence-electron chi connectivity index (χ4n) is 3.19. The van der Waals surface area contributed by atoms with Crippen LogP contribution in [-0.2, 0) is 11.2 Å². The summed E-state index contributed by atoms with van der Waals surface area (Å²) in [6.07, 6.45) is 2.08. The lowest BCUT2D eigenvalue weighted by Crippen LogP contribution is -2.32. The number of nitrogens with zero attached hydrogens (tertiary/aromatic N) is 1. The monoisotopic (exact) mass is 308 g/mol. The Bertz CT molecular complexity index is 696. The summed E-state index contributed by atoms with van der Waals surface area (Å²) in [6, 6.07) is 16.5. The first-order valence-corrected chi connectivity index (χ1v) is 8.40. The predicted octanol–water partition coefficient (Wildman–Crippen LogP) is 4.20. The van der Waals surface area contributed by atoms with Gasteiger partial charge in [-0.1, -0.05) is 50.2 Å².